The molecule has 0 atom stereocenters. The summed E-state index contributed by atoms with van der Waals surface area (Å²) < 4.78 is 2.12. The van der Waals surface area contributed by atoms with Crippen LogP contribution in [0, 0.1) is 13.8 Å². The molecule has 0 unspecified atom stereocenters. The molecular weight excluding hydrogens is 259 g/mol. The van der Waals surface area contributed by atoms with Gasteiger partial charge in [-0.1, -0.05) is 0 Å². The Morgan fingerprint density at radius 2 is 1.71 bits per heavy atom. The second-order valence-corrected chi connectivity index (χ2v) is 4.43. The van der Waals surface area contributed by atoms with E-state index in [1.807, 2.05) is 13.8 Å². The molecule has 2 rings (SSSR count). The molecule has 0 aliphatic heterocycles. The Morgan fingerprint density at radius 3 is 2.24 bits per heavy atom. The molecule has 6 heteroatoms. The number of hydrogen-bond donors (Lipinski definition) is 0. The number of hydrogen-bond acceptors (Lipinski definition) is 3. The van der Waals surface area contributed by atoms with Gasteiger partial charge in [0.2, 0.25) is 10.6 Å². The molecule has 0 saturated heterocycles. The Morgan fingerprint density at radius 1 is 1.12 bits per heavy atom. The van der Waals surface area contributed by atoms with Crippen LogP contribution in [0.4, 0.5) is 0 Å². The first-order valence-corrected chi connectivity index (χ1v) is 6.02. The van der Waals surface area contributed by atoms with Crippen molar-refractivity contribution in [1.82, 2.24) is 19.5 Å². The van der Waals surface area contributed by atoms with E-state index >= 15 is 0 Å². The van der Waals surface area contributed by atoms with Gasteiger partial charge in [0.05, 0.1) is 5.69 Å². The Balaban J connectivity index is 2.67. The highest BCUT2D eigenvalue weighted by atomic mass is 35.5. The minimum absolute atomic E-state index is 0.112. The van der Waals surface area contributed by atoms with Crippen molar-refractivity contribution < 1.29 is 0 Å². The van der Waals surface area contributed by atoms with Crippen molar-refractivity contribution in [1.29, 1.82) is 0 Å². The third-order valence-corrected chi connectivity index (χ3v) is 2.94. The fourth-order valence-electron chi connectivity index (χ4n) is 1.99. The molecule has 0 fully saturated rings. The lowest BCUT2D eigenvalue weighted by Gasteiger charge is -2.08. The van der Waals surface area contributed by atoms with Crippen molar-refractivity contribution in [3.63, 3.8) is 0 Å². The highest BCUT2D eigenvalue weighted by molar-refractivity contribution is 6.31. The second kappa shape index (κ2) is 4.63. The summed E-state index contributed by atoms with van der Waals surface area (Å²) >= 11 is 11.6. The number of rotatable bonds is 2. The second-order valence-electron chi connectivity index (χ2n) is 3.76. The fourth-order valence-corrected chi connectivity index (χ4v) is 2.35. The third-order valence-electron chi connectivity index (χ3n) is 2.60. The molecule has 0 N–H and O–H groups in total. The van der Waals surface area contributed by atoms with Crippen molar-refractivity contribution in [3.8, 4) is 11.5 Å². The molecule has 4 nitrogen and oxygen atoms in total. The van der Waals surface area contributed by atoms with E-state index in [0.29, 0.717) is 5.82 Å². The molecule has 2 aromatic heterocycles. The summed E-state index contributed by atoms with van der Waals surface area (Å²) in [6, 6.07) is 2.09. The summed E-state index contributed by atoms with van der Waals surface area (Å²) in [6.45, 7) is 6.97. The Hall–Kier alpha value is -1.13. The first kappa shape index (κ1) is 12.3. The van der Waals surface area contributed by atoms with Crippen LogP contribution in [-0.2, 0) is 6.54 Å². The topological polar surface area (TPSA) is 43.6 Å². The van der Waals surface area contributed by atoms with Crippen LogP contribution in [0.2, 0.25) is 10.6 Å². The van der Waals surface area contributed by atoms with Gasteiger partial charge in [-0.3, -0.25) is 0 Å². The molecule has 0 bridgehead atoms. The minimum atomic E-state index is 0.112. The van der Waals surface area contributed by atoms with Crippen molar-refractivity contribution >= 4 is 23.2 Å². The summed E-state index contributed by atoms with van der Waals surface area (Å²) in [4.78, 5) is 12.0. The number of halogens is 2. The van der Waals surface area contributed by atoms with Gasteiger partial charge in [0.15, 0.2) is 5.82 Å². The quantitative estimate of drug-likeness (QED) is 0.841. The van der Waals surface area contributed by atoms with Crippen LogP contribution < -0.4 is 0 Å². The van der Waals surface area contributed by atoms with Crippen LogP contribution in [0.15, 0.2) is 6.07 Å². The zero-order valence-corrected chi connectivity index (χ0v) is 11.3. The van der Waals surface area contributed by atoms with E-state index in [1.165, 1.54) is 0 Å². The molecule has 0 amide bonds. The van der Waals surface area contributed by atoms with E-state index in [2.05, 4.69) is 32.5 Å². The van der Waals surface area contributed by atoms with E-state index in [-0.39, 0.29) is 10.6 Å². The van der Waals surface area contributed by atoms with Crippen molar-refractivity contribution in [2.75, 3.05) is 0 Å². The van der Waals surface area contributed by atoms with Gasteiger partial charge >= 0.3 is 0 Å². The lowest BCUT2D eigenvalue weighted by molar-refractivity contribution is 0.743. The predicted molar refractivity (Wildman–Crippen MR) is 68.4 cm³/mol. The van der Waals surface area contributed by atoms with Gasteiger partial charge in [-0.2, -0.15) is 15.0 Å². The van der Waals surface area contributed by atoms with E-state index in [4.69, 9.17) is 23.2 Å². The normalized spacial score (nSPS) is 10.9. The SMILES string of the molecule is CCn1c(C)cc(C)c1-c1nc(Cl)nc(Cl)n1. The van der Waals surface area contributed by atoms with E-state index < -0.39 is 0 Å². The first-order valence-electron chi connectivity index (χ1n) is 5.27. The smallest absolute Gasteiger partial charge is 0.227 e. The van der Waals surface area contributed by atoms with Crippen molar-refractivity contribution in [3.05, 3.63) is 27.9 Å². The Bertz CT molecular complexity index is 543. The van der Waals surface area contributed by atoms with Crippen LogP contribution in [0.3, 0.4) is 0 Å². The maximum absolute atomic E-state index is 5.80. The molecule has 17 heavy (non-hydrogen) atoms. The van der Waals surface area contributed by atoms with Gasteiger partial charge in [-0.25, -0.2) is 0 Å². The summed E-state index contributed by atoms with van der Waals surface area (Å²) in [6.07, 6.45) is 0. The molecule has 0 saturated carbocycles. The average Bonchev–Trinajstić information content (AvgIpc) is 2.51. The van der Waals surface area contributed by atoms with Gasteiger partial charge in [-0.05, 0) is 55.6 Å². The molecule has 0 spiro atoms. The zero-order valence-electron chi connectivity index (χ0n) is 9.83. The number of nitrogens with zero attached hydrogens (tertiary/aromatic N) is 4. The molecule has 0 aliphatic rings. The van der Waals surface area contributed by atoms with Crippen LogP contribution in [-0.4, -0.2) is 19.5 Å². The van der Waals surface area contributed by atoms with Gasteiger partial charge in [0.1, 0.15) is 0 Å². The minimum Gasteiger partial charge on any atom is -0.342 e. The summed E-state index contributed by atoms with van der Waals surface area (Å²) in [5, 5.41) is 0.224. The zero-order chi connectivity index (χ0) is 12.6. The molecular formula is C11H12Cl2N4. The maximum atomic E-state index is 5.80. The van der Waals surface area contributed by atoms with Crippen LogP contribution in [0.25, 0.3) is 11.5 Å². The lowest BCUT2D eigenvalue weighted by Crippen LogP contribution is -2.03. The molecule has 2 heterocycles. The van der Waals surface area contributed by atoms with Crippen LogP contribution in [0.1, 0.15) is 18.2 Å². The highest BCUT2D eigenvalue weighted by Crippen LogP contribution is 2.25. The third kappa shape index (κ3) is 2.28. The predicted octanol–water partition coefficient (Wildman–Crippen LogP) is 3.28. The van der Waals surface area contributed by atoms with E-state index in [1.54, 1.807) is 0 Å². The number of aromatic nitrogens is 4. The van der Waals surface area contributed by atoms with Crippen molar-refractivity contribution in [2.24, 2.45) is 0 Å². The largest absolute Gasteiger partial charge is 0.342 e. The molecule has 0 aliphatic carbocycles. The maximum Gasteiger partial charge on any atom is 0.227 e. The van der Waals surface area contributed by atoms with Crippen LogP contribution >= 0.6 is 23.2 Å². The Kier molecular flexibility index (Phi) is 3.35. The van der Waals surface area contributed by atoms with Gasteiger partial charge in [0, 0.05) is 12.2 Å². The molecule has 90 valence electrons. The summed E-state index contributed by atoms with van der Waals surface area (Å²) in [5.74, 6) is 0.516. The van der Waals surface area contributed by atoms with Gasteiger partial charge < -0.3 is 4.57 Å². The first-order chi connectivity index (χ1) is 8.02. The Labute approximate surface area is 110 Å². The average molecular weight is 271 g/mol. The van der Waals surface area contributed by atoms with Gasteiger partial charge in [-0.15, -0.1) is 0 Å². The fraction of sp³-hybridized carbons (Fsp3) is 0.364. The standard InChI is InChI=1S/C11H12Cl2N4/c1-4-17-7(3)5-6(2)8(17)9-14-10(12)16-11(13)15-9/h5H,4H2,1-3H3. The monoisotopic (exact) mass is 270 g/mol. The molecule has 0 radical (unpaired) electrons. The number of aryl methyl sites for hydroxylation is 2. The van der Waals surface area contributed by atoms with Crippen LogP contribution in [0.5, 0.6) is 0 Å². The van der Waals surface area contributed by atoms with E-state index in [9.17, 15) is 0 Å². The van der Waals surface area contributed by atoms with Gasteiger partial charge in [0.25, 0.3) is 0 Å². The molecule has 0 aromatic carbocycles. The van der Waals surface area contributed by atoms with E-state index in [0.717, 1.165) is 23.5 Å². The van der Waals surface area contributed by atoms with Crippen molar-refractivity contribution in [2.45, 2.75) is 27.3 Å². The molecule has 2 aromatic rings. The lowest BCUT2D eigenvalue weighted by atomic mass is 10.2. The summed E-state index contributed by atoms with van der Waals surface area (Å²) in [5.41, 5.74) is 3.20. The summed E-state index contributed by atoms with van der Waals surface area (Å²) in [7, 11) is 0. The highest BCUT2D eigenvalue weighted by Gasteiger charge is 2.15.